The van der Waals surface area contributed by atoms with Crippen LogP contribution in [0.25, 0.3) is 22.1 Å². The van der Waals surface area contributed by atoms with E-state index in [0.29, 0.717) is 40.7 Å². The Labute approximate surface area is 179 Å². The lowest BCUT2D eigenvalue weighted by atomic mass is 10.1. The summed E-state index contributed by atoms with van der Waals surface area (Å²) >= 11 is 7.85. The Balaban J connectivity index is 1.45. The standard InChI is InChI=1S/C20H16ClN7OS/c21-14-3-12-5-15(6-23-20(29)11-1-2-30-8-11)27-16(12)13(4-14)7-28-10-26-17-18(22)24-9-25-19(17)28/h1-5,8-10,27H,6-7H2,(H,23,29)(H2,22,24,25). The number of benzene rings is 1. The molecule has 150 valence electrons. The van der Waals surface area contributed by atoms with Gasteiger partial charge in [0.05, 0.1) is 24.9 Å². The molecule has 0 radical (unpaired) electrons. The number of nitrogens with two attached hydrogens (primary N) is 1. The van der Waals surface area contributed by atoms with Gasteiger partial charge in [-0.15, -0.1) is 0 Å². The summed E-state index contributed by atoms with van der Waals surface area (Å²) in [5, 5.41) is 8.23. The molecule has 0 saturated heterocycles. The van der Waals surface area contributed by atoms with Crippen molar-refractivity contribution >= 4 is 56.7 Å². The molecule has 10 heteroatoms. The van der Waals surface area contributed by atoms with Gasteiger partial charge in [-0.2, -0.15) is 11.3 Å². The van der Waals surface area contributed by atoms with Gasteiger partial charge >= 0.3 is 0 Å². The number of hydrogen-bond acceptors (Lipinski definition) is 6. The van der Waals surface area contributed by atoms with Crippen molar-refractivity contribution < 1.29 is 4.79 Å². The molecule has 0 atom stereocenters. The first-order valence-electron chi connectivity index (χ1n) is 9.10. The fraction of sp³-hybridized carbons (Fsp3) is 0.100. The first-order valence-corrected chi connectivity index (χ1v) is 10.4. The molecule has 0 aliphatic carbocycles. The quantitative estimate of drug-likeness (QED) is 0.388. The van der Waals surface area contributed by atoms with E-state index in [1.807, 2.05) is 33.5 Å². The van der Waals surface area contributed by atoms with Crippen LogP contribution in [0.5, 0.6) is 0 Å². The number of hydrogen-bond donors (Lipinski definition) is 3. The number of aromatic nitrogens is 5. The fourth-order valence-corrected chi connectivity index (χ4v) is 4.31. The lowest BCUT2D eigenvalue weighted by Gasteiger charge is -2.07. The van der Waals surface area contributed by atoms with Crippen molar-refractivity contribution in [2.75, 3.05) is 5.73 Å². The summed E-state index contributed by atoms with van der Waals surface area (Å²) in [6.45, 7) is 0.892. The summed E-state index contributed by atoms with van der Waals surface area (Å²) in [5.41, 5.74) is 10.6. The summed E-state index contributed by atoms with van der Waals surface area (Å²) in [7, 11) is 0. The predicted octanol–water partition coefficient (Wildman–Crippen LogP) is 3.58. The topological polar surface area (TPSA) is 115 Å². The smallest absolute Gasteiger partial charge is 0.252 e. The summed E-state index contributed by atoms with van der Waals surface area (Å²) in [5.74, 6) is 0.244. The minimum Gasteiger partial charge on any atom is -0.382 e. The van der Waals surface area contributed by atoms with E-state index in [0.717, 1.165) is 22.2 Å². The monoisotopic (exact) mass is 437 g/mol. The first-order chi connectivity index (χ1) is 14.6. The molecule has 0 fully saturated rings. The first kappa shape index (κ1) is 18.6. The Bertz CT molecular complexity index is 1370. The van der Waals surface area contributed by atoms with E-state index in [9.17, 15) is 4.79 Å². The molecule has 0 aliphatic rings. The van der Waals surface area contributed by atoms with Gasteiger partial charge in [0.1, 0.15) is 11.8 Å². The number of amides is 1. The van der Waals surface area contributed by atoms with Crippen molar-refractivity contribution in [3.05, 3.63) is 69.5 Å². The highest BCUT2D eigenvalue weighted by molar-refractivity contribution is 7.08. The number of carbonyl (C=O) groups is 1. The van der Waals surface area contributed by atoms with Gasteiger partial charge in [0.15, 0.2) is 11.5 Å². The molecule has 0 aliphatic heterocycles. The number of fused-ring (bicyclic) bond motifs is 2. The normalized spacial score (nSPS) is 11.4. The SMILES string of the molecule is Nc1ncnc2c1ncn2Cc1cc(Cl)cc2cc(CNC(=O)c3ccsc3)[nH]c12. The van der Waals surface area contributed by atoms with Gasteiger partial charge < -0.3 is 20.6 Å². The van der Waals surface area contributed by atoms with E-state index >= 15 is 0 Å². The van der Waals surface area contributed by atoms with Crippen molar-refractivity contribution in [3.8, 4) is 0 Å². The van der Waals surface area contributed by atoms with Gasteiger partial charge in [0.2, 0.25) is 0 Å². The minimum atomic E-state index is -0.102. The molecule has 0 saturated carbocycles. The molecule has 1 amide bonds. The van der Waals surface area contributed by atoms with Crippen LogP contribution in [0.3, 0.4) is 0 Å². The molecule has 0 spiro atoms. The average molecular weight is 438 g/mol. The second-order valence-corrected chi connectivity index (χ2v) is 8.04. The van der Waals surface area contributed by atoms with Crippen molar-refractivity contribution in [2.24, 2.45) is 0 Å². The third-order valence-corrected chi connectivity index (χ3v) is 5.73. The molecule has 4 N–H and O–H groups in total. The van der Waals surface area contributed by atoms with Crippen LogP contribution < -0.4 is 11.1 Å². The summed E-state index contributed by atoms with van der Waals surface area (Å²) in [6.07, 6.45) is 3.11. The highest BCUT2D eigenvalue weighted by Crippen LogP contribution is 2.26. The van der Waals surface area contributed by atoms with Crippen LogP contribution in [-0.2, 0) is 13.1 Å². The van der Waals surface area contributed by atoms with E-state index in [4.69, 9.17) is 17.3 Å². The van der Waals surface area contributed by atoms with Crippen LogP contribution >= 0.6 is 22.9 Å². The third kappa shape index (κ3) is 3.38. The zero-order valence-corrected chi connectivity index (χ0v) is 17.2. The van der Waals surface area contributed by atoms with Gasteiger partial charge in [0.25, 0.3) is 5.91 Å². The molecule has 8 nitrogen and oxygen atoms in total. The molecule has 5 rings (SSSR count). The number of carbonyl (C=O) groups excluding carboxylic acids is 1. The van der Waals surface area contributed by atoms with Gasteiger partial charge in [-0.25, -0.2) is 15.0 Å². The van der Waals surface area contributed by atoms with Gasteiger partial charge in [-0.3, -0.25) is 4.79 Å². The molecular formula is C20H16ClN7OS. The maximum atomic E-state index is 12.2. The summed E-state index contributed by atoms with van der Waals surface area (Å²) in [4.78, 5) is 28.2. The average Bonchev–Trinajstić information content (AvgIpc) is 3.46. The van der Waals surface area contributed by atoms with Gasteiger partial charge in [-0.05, 0) is 35.2 Å². The number of nitrogens with zero attached hydrogens (tertiary/aromatic N) is 4. The van der Waals surface area contributed by atoms with Crippen molar-refractivity contribution in [3.63, 3.8) is 0 Å². The Morgan fingerprint density at radius 3 is 3.00 bits per heavy atom. The molecule has 0 unspecified atom stereocenters. The largest absolute Gasteiger partial charge is 0.382 e. The predicted molar refractivity (Wildman–Crippen MR) is 118 cm³/mol. The number of rotatable bonds is 5. The van der Waals surface area contributed by atoms with Gasteiger partial charge in [-0.1, -0.05) is 11.6 Å². The number of nitrogen functional groups attached to an aromatic ring is 1. The van der Waals surface area contributed by atoms with Gasteiger partial charge in [0, 0.05) is 27.0 Å². The number of H-pyrrole nitrogens is 1. The zero-order valence-electron chi connectivity index (χ0n) is 15.6. The molecule has 5 aromatic rings. The summed E-state index contributed by atoms with van der Waals surface area (Å²) in [6, 6.07) is 7.59. The molecule has 0 bridgehead atoms. The number of imidazole rings is 1. The molecule has 4 heterocycles. The van der Waals surface area contributed by atoms with E-state index < -0.39 is 0 Å². The van der Waals surface area contributed by atoms with Crippen LogP contribution in [-0.4, -0.2) is 30.4 Å². The van der Waals surface area contributed by atoms with Crippen LogP contribution in [0.1, 0.15) is 21.6 Å². The number of halogens is 1. The highest BCUT2D eigenvalue weighted by Gasteiger charge is 2.13. The van der Waals surface area contributed by atoms with Crippen molar-refractivity contribution in [1.82, 2.24) is 29.8 Å². The zero-order chi connectivity index (χ0) is 20.7. The second kappa shape index (κ2) is 7.43. The van der Waals surface area contributed by atoms with Crippen molar-refractivity contribution in [1.29, 1.82) is 0 Å². The lowest BCUT2D eigenvalue weighted by molar-refractivity contribution is 0.0951. The Morgan fingerprint density at radius 1 is 1.27 bits per heavy atom. The molecular weight excluding hydrogens is 422 g/mol. The fourth-order valence-electron chi connectivity index (χ4n) is 3.43. The molecule has 30 heavy (non-hydrogen) atoms. The third-order valence-electron chi connectivity index (χ3n) is 4.82. The number of anilines is 1. The van der Waals surface area contributed by atoms with E-state index in [1.54, 1.807) is 12.4 Å². The number of nitrogens with one attached hydrogen (secondary N) is 2. The maximum Gasteiger partial charge on any atom is 0.252 e. The maximum absolute atomic E-state index is 12.2. The minimum absolute atomic E-state index is 0.102. The molecule has 1 aromatic carbocycles. The van der Waals surface area contributed by atoms with Crippen LogP contribution in [0.4, 0.5) is 5.82 Å². The highest BCUT2D eigenvalue weighted by atomic mass is 35.5. The second-order valence-electron chi connectivity index (χ2n) is 6.82. The van der Waals surface area contributed by atoms with Crippen LogP contribution in [0, 0.1) is 0 Å². The lowest BCUT2D eigenvalue weighted by Crippen LogP contribution is -2.22. The number of aromatic amines is 1. The Morgan fingerprint density at radius 2 is 2.17 bits per heavy atom. The van der Waals surface area contributed by atoms with Crippen LogP contribution in [0.15, 0.2) is 47.7 Å². The Kier molecular flexibility index (Phi) is 4.61. The van der Waals surface area contributed by atoms with Crippen LogP contribution in [0.2, 0.25) is 5.02 Å². The van der Waals surface area contributed by atoms with E-state index in [-0.39, 0.29) is 5.91 Å². The summed E-state index contributed by atoms with van der Waals surface area (Å²) < 4.78 is 1.90. The number of thiophene rings is 1. The van der Waals surface area contributed by atoms with Crippen molar-refractivity contribution in [2.45, 2.75) is 13.1 Å². The Hall–Kier alpha value is -3.43. The van der Waals surface area contributed by atoms with E-state index in [2.05, 4.69) is 25.3 Å². The van der Waals surface area contributed by atoms with E-state index in [1.165, 1.54) is 17.7 Å². The molecule has 4 aromatic heterocycles.